The van der Waals surface area contributed by atoms with Crippen molar-refractivity contribution in [1.82, 2.24) is 10.2 Å². The fraction of sp³-hybridized carbons (Fsp3) is 0.632. The molecule has 2 rings (SSSR count). The minimum atomic E-state index is -0.545. The maximum absolute atomic E-state index is 12.0. The van der Waals surface area contributed by atoms with E-state index in [1.807, 2.05) is 39.0 Å². The van der Waals surface area contributed by atoms with Crippen LogP contribution in [0, 0.1) is 0 Å². The van der Waals surface area contributed by atoms with Crippen molar-refractivity contribution in [3.05, 3.63) is 23.8 Å². The van der Waals surface area contributed by atoms with E-state index in [4.69, 9.17) is 14.2 Å². The van der Waals surface area contributed by atoms with E-state index < -0.39 is 17.8 Å². The number of aliphatic hydroxyl groups excluding tert-OH is 1. The number of nitrogens with one attached hydrogen (secondary N) is 1. The average molecular weight is 366 g/mol. The Labute approximate surface area is 155 Å². The van der Waals surface area contributed by atoms with Crippen LogP contribution in [-0.4, -0.2) is 61.2 Å². The zero-order valence-corrected chi connectivity index (χ0v) is 16.2. The number of carbonyl (C=O) groups excluding carboxylic acids is 1. The van der Waals surface area contributed by atoms with Crippen molar-refractivity contribution in [2.24, 2.45) is 0 Å². The zero-order valence-electron chi connectivity index (χ0n) is 16.2. The normalized spacial score (nSPS) is 21.2. The lowest BCUT2D eigenvalue weighted by molar-refractivity contribution is 0.0292. The molecule has 0 spiro atoms. The summed E-state index contributed by atoms with van der Waals surface area (Å²) >= 11 is 0. The van der Waals surface area contributed by atoms with Crippen molar-refractivity contribution in [2.75, 3.05) is 27.3 Å². The molecule has 1 amide bonds. The zero-order chi connectivity index (χ0) is 19.3. The number of ether oxygens (including phenoxy) is 3. The molecule has 2 N–H and O–H groups in total. The number of β-amino-alcohol motifs (C(OH)–C–C–N with tert-alkyl or cyclic N) is 1. The van der Waals surface area contributed by atoms with E-state index in [9.17, 15) is 9.90 Å². The number of amides is 1. The van der Waals surface area contributed by atoms with Gasteiger partial charge in [-0.05, 0) is 44.9 Å². The topological polar surface area (TPSA) is 80.3 Å². The van der Waals surface area contributed by atoms with Crippen LogP contribution in [0.25, 0.3) is 0 Å². The second kappa shape index (κ2) is 8.60. The first-order valence-electron chi connectivity index (χ1n) is 8.81. The Morgan fingerprint density at radius 2 is 1.92 bits per heavy atom. The molecule has 146 valence electrons. The maximum Gasteiger partial charge on any atom is 0.407 e. The lowest BCUT2D eigenvalue weighted by atomic mass is 10.0. The van der Waals surface area contributed by atoms with Gasteiger partial charge in [0.2, 0.25) is 0 Å². The largest absolute Gasteiger partial charge is 0.493 e. The molecule has 0 aromatic heterocycles. The molecular weight excluding hydrogens is 336 g/mol. The number of benzene rings is 1. The molecule has 1 aliphatic rings. The molecule has 0 radical (unpaired) electrons. The number of aliphatic hydroxyl groups is 1. The predicted octanol–water partition coefficient (Wildman–Crippen LogP) is 2.16. The van der Waals surface area contributed by atoms with E-state index in [1.165, 1.54) is 0 Å². The van der Waals surface area contributed by atoms with Gasteiger partial charge < -0.3 is 24.6 Å². The van der Waals surface area contributed by atoms with E-state index in [0.717, 1.165) is 5.56 Å². The van der Waals surface area contributed by atoms with Gasteiger partial charge in [0.25, 0.3) is 0 Å². The summed E-state index contributed by atoms with van der Waals surface area (Å²) in [4.78, 5) is 14.1. The molecule has 1 fully saturated rings. The Bertz CT molecular complexity index is 614. The fourth-order valence-electron chi connectivity index (χ4n) is 3.11. The summed E-state index contributed by atoms with van der Waals surface area (Å²) < 4.78 is 15.9. The van der Waals surface area contributed by atoms with Gasteiger partial charge >= 0.3 is 6.09 Å². The Kier molecular flexibility index (Phi) is 6.72. The van der Waals surface area contributed by atoms with Crippen LogP contribution in [0.2, 0.25) is 0 Å². The third kappa shape index (κ3) is 6.07. The van der Waals surface area contributed by atoms with Gasteiger partial charge in [-0.25, -0.2) is 4.79 Å². The third-order valence-corrected chi connectivity index (χ3v) is 4.08. The van der Waals surface area contributed by atoms with Gasteiger partial charge in [-0.15, -0.1) is 0 Å². The summed E-state index contributed by atoms with van der Waals surface area (Å²) in [5.41, 5.74) is 0.504. The Hall–Kier alpha value is -1.99. The number of methoxy groups -OCH3 is 2. The highest BCUT2D eigenvalue weighted by atomic mass is 16.6. The molecule has 0 aliphatic carbocycles. The highest BCUT2D eigenvalue weighted by Crippen LogP contribution is 2.28. The SMILES string of the molecule is COc1ccc(CN2C[C@@H](O)C[C@@H](NC(=O)OC(C)(C)C)C2)cc1OC. The predicted molar refractivity (Wildman–Crippen MR) is 98.6 cm³/mol. The lowest BCUT2D eigenvalue weighted by Crippen LogP contribution is -2.52. The van der Waals surface area contributed by atoms with Crippen LogP contribution in [0.15, 0.2) is 18.2 Å². The molecule has 26 heavy (non-hydrogen) atoms. The highest BCUT2D eigenvalue weighted by Gasteiger charge is 2.28. The number of hydrogen-bond acceptors (Lipinski definition) is 6. The van der Waals surface area contributed by atoms with Crippen LogP contribution in [0.1, 0.15) is 32.8 Å². The van der Waals surface area contributed by atoms with Crippen LogP contribution in [0.5, 0.6) is 11.5 Å². The number of rotatable bonds is 5. The van der Waals surface area contributed by atoms with E-state index in [2.05, 4.69) is 10.2 Å². The summed E-state index contributed by atoms with van der Waals surface area (Å²) in [6, 6.07) is 5.61. The van der Waals surface area contributed by atoms with E-state index in [1.54, 1.807) is 14.2 Å². The Morgan fingerprint density at radius 1 is 1.23 bits per heavy atom. The van der Waals surface area contributed by atoms with E-state index in [-0.39, 0.29) is 6.04 Å². The van der Waals surface area contributed by atoms with Gasteiger partial charge in [0.05, 0.1) is 20.3 Å². The van der Waals surface area contributed by atoms with Crippen molar-refractivity contribution in [3.8, 4) is 11.5 Å². The van der Waals surface area contributed by atoms with Crippen LogP contribution in [0.4, 0.5) is 4.79 Å². The van der Waals surface area contributed by atoms with Crippen molar-refractivity contribution in [3.63, 3.8) is 0 Å². The number of alkyl carbamates (subject to hydrolysis) is 1. The molecule has 0 unspecified atom stereocenters. The first-order valence-corrected chi connectivity index (χ1v) is 8.81. The van der Waals surface area contributed by atoms with Gasteiger partial charge in [0.1, 0.15) is 5.60 Å². The molecule has 1 aromatic rings. The van der Waals surface area contributed by atoms with Crippen molar-refractivity contribution < 1.29 is 24.1 Å². The molecule has 1 aliphatic heterocycles. The quantitative estimate of drug-likeness (QED) is 0.831. The molecule has 2 atom stereocenters. The molecule has 0 saturated carbocycles. The summed E-state index contributed by atoms with van der Waals surface area (Å²) in [5, 5.41) is 13.0. The van der Waals surface area contributed by atoms with Gasteiger partial charge in [0, 0.05) is 25.7 Å². The number of nitrogens with zero attached hydrogens (tertiary/aromatic N) is 1. The summed E-state index contributed by atoms with van der Waals surface area (Å²) in [6.45, 7) is 7.32. The number of piperidine rings is 1. The van der Waals surface area contributed by atoms with Crippen molar-refractivity contribution in [2.45, 2.75) is 51.5 Å². The Morgan fingerprint density at radius 3 is 2.54 bits per heavy atom. The van der Waals surface area contributed by atoms with Gasteiger partial charge in [0.15, 0.2) is 11.5 Å². The van der Waals surface area contributed by atoms with Gasteiger partial charge in [-0.1, -0.05) is 6.07 Å². The van der Waals surface area contributed by atoms with Crippen LogP contribution in [0.3, 0.4) is 0 Å². The Balaban J connectivity index is 1.98. The van der Waals surface area contributed by atoms with E-state index in [0.29, 0.717) is 37.6 Å². The molecule has 0 bridgehead atoms. The maximum atomic E-state index is 12.0. The molecule has 7 heteroatoms. The average Bonchev–Trinajstić information content (AvgIpc) is 2.52. The van der Waals surface area contributed by atoms with Crippen LogP contribution >= 0.6 is 0 Å². The summed E-state index contributed by atoms with van der Waals surface area (Å²) in [7, 11) is 3.21. The van der Waals surface area contributed by atoms with E-state index >= 15 is 0 Å². The lowest BCUT2D eigenvalue weighted by Gasteiger charge is -2.36. The minimum absolute atomic E-state index is 0.159. The molecule has 1 saturated heterocycles. The number of carbonyl (C=O) groups is 1. The van der Waals surface area contributed by atoms with Gasteiger partial charge in [-0.3, -0.25) is 4.90 Å². The first kappa shape index (κ1) is 20.3. The second-order valence-electron chi connectivity index (χ2n) is 7.62. The number of likely N-dealkylation sites (tertiary alicyclic amines) is 1. The van der Waals surface area contributed by atoms with Crippen molar-refractivity contribution >= 4 is 6.09 Å². The molecule has 1 heterocycles. The van der Waals surface area contributed by atoms with Crippen LogP contribution < -0.4 is 14.8 Å². The van der Waals surface area contributed by atoms with Crippen molar-refractivity contribution in [1.29, 1.82) is 0 Å². The highest BCUT2D eigenvalue weighted by molar-refractivity contribution is 5.68. The summed E-state index contributed by atoms with van der Waals surface area (Å²) in [6.07, 6.45) is -0.437. The second-order valence-corrected chi connectivity index (χ2v) is 7.62. The number of hydrogen-bond donors (Lipinski definition) is 2. The van der Waals surface area contributed by atoms with Gasteiger partial charge in [-0.2, -0.15) is 0 Å². The first-order chi connectivity index (χ1) is 12.2. The fourth-order valence-corrected chi connectivity index (χ4v) is 3.11. The standard InChI is InChI=1S/C19H30N2O5/c1-19(2,3)26-18(23)20-14-9-15(22)12-21(11-14)10-13-6-7-16(24-4)17(8-13)25-5/h6-8,14-15,22H,9-12H2,1-5H3,(H,20,23)/t14-,15+/m1/s1. The summed E-state index contributed by atoms with van der Waals surface area (Å²) in [5.74, 6) is 1.35. The monoisotopic (exact) mass is 366 g/mol. The minimum Gasteiger partial charge on any atom is -0.493 e. The molecular formula is C19H30N2O5. The van der Waals surface area contributed by atoms with Crippen LogP contribution in [-0.2, 0) is 11.3 Å². The smallest absolute Gasteiger partial charge is 0.407 e. The molecule has 1 aromatic carbocycles. The molecule has 7 nitrogen and oxygen atoms in total. The third-order valence-electron chi connectivity index (χ3n) is 4.08.